The van der Waals surface area contributed by atoms with Crippen LogP contribution in [-0.4, -0.2) is 56.4 Å². The monoisotopic (exact) mass is 537 g/mol. The lowest BCUT2D eigenvalue weighted by Gasteiger charge is -2.19. The minimum Gasteiger partial charge on any atom is -0.488 e. The van der Waals surface area contributed by atoms with Crippen molar-refractivity contribution >= 4 is 39.9 Å². The zero-order chi connectivity index (χ0) is 26.9. The van der Waals surface area contributed by atoms with Gasteiger partial charge in [0.15, 0.2) is 0 Å². The molecule has 2 heterocycles. The fraction of sp³-hybridized carbons (Fsp3) is 0.259. The van der Waals surface area contributed by atoms with Gasteiger partial charge in [-0.2, -0.15) is 0 Å². The van der Waals surface area contributed by atoms with Gasteiger partial charge in [0.25, 0.3) is 0 Å². The number of amides is 1. The highest BCUT2D eigenvalue weighted by atomic mass is 35.5. The number of aliphatic hydroxyl groups is 2. The number of carbonyl (C=O) groups excluding carboxylic acids is 1. The fourth-order valence-electron chi connectivity index (χ4n) is 3.61. The molecule has 10 nitrogen and oxygen atoms in total. The Morgan fingerprint density at radius 1 is 1.08 bits per heavy atom. The van der Waals surface area contributed by atoms with E-state index in [4.69, 9.17) is 26.2 Å². The van der Waals surface area contributed by atoms with Crippen LogP contribution in [0.25, 0.3) is 10.9 Å². The van der Waals surface area contributed by atoms with Crippen LogP contribution in [0.5, 0.6) is 11.5 Å². The summed E-state index contributed by atoms with van der Waals surface area (Å²) >= 11 is 6.47. The Balaban J connectivity index is 1.47. The zero-order valence-corrected chi connectivity index (χ0v) is 21.4. The van der Waals surface area contributed by atoms with E-state index in [9.17, 15) is 9.90 Å². The molecule has 0 aliphatic heterocycles. The van der Waals surface area contributed by atoms with E-state index >= 15 is 0 Å². The van der Waals surface area contributed by atoms with Crippen LogP contribution in [0.3, 0.4) is 0 Å². The number of rotatable bonds is 12. The third kappa shape index (κ3) is 7.06. The van der Waals surface area contributed by atoms with Crippen LogP contribution >= 0.6 is 11.6 Å². The quantitative estimate of drug-likeness (QED) is 0.213. The molecule has 2 aromatic heterocycles. The summed E-state index contributed by atoms with van der Waals surface area (Å²) in [7, 11) is 0. The van der Waals surface area contributed by atoms with Gasteiger partial charge in [-0.15, -0.1) is 0 Å². The van der Waals surface area contributed by atoms with Gasteiger partial charge in [0.1, 0.15) is 42.5 Å². The Morgan fingerprint density at radius 2 is 1.95 bits per heavy atom. The Hall–Kier alpha value is -3.99. The van der Waals surface area contributed by atoms with Crippen LogP contribution < -0.4 is 20.1 Å². The van der Waals surface area contributed by atoms with Crippen molar-refractivity contribution in [3.8, 4) is 11.5 Å². The number of fused-ring (bicyclic) bond motifs is 1. The molecule has 11 heteroatoms. The van der Waals surface area contributed by atoms with Crippen LogP contribution in [-0.2, 0) is 11.4 Å². The van der Waals surface area contributed by atoms with E-state index in [1.54, 1.807) is 31.3 Å². The third-order valence-electron chi connectivity index (χ3n) is 5.52. The molecule has 0 spiro atoms. The number of carbonyl (C=O) groups is 1. The van der Waals surface area contributed by atoms with Crippen LogP contribution in [0.15, 0.2) is 67.1 Å². The third-order valence-corrected chi connectivity index (χ3v) is 5.81. The molecule has 1 amide bonds. The maximum Gasteiger partial charge on any atom is 0.249 e. The standard InChI is InChI=1S/C27H28ClN5O5/c1-17(14-30-27(36)22(35)10-12-34)38-24-7-4-6-21-25(24)26(32-16-31-21)33-18-8-9-23(20(28)13-18)37-15-19-5-2-3-11-29-19/h2-9,11,13,16-17,22,34-35H,10,12,14-15H2,1H3,(H,30,36)(H,31,32,33)/t17-,22+/m0/s1. The minimum atomic E-state index is -1.27. The number of halogens is 1. The highest BCUT2D eigenvalue weighted by Gasteiger charge is 2.17. The van der Waals surface area contributed by atoms with Crippen LogP contribution in [0.4, 0.5) is 11.5 Å². The second-order valence-electron chi connectivity index (χ2n) is 8.45. The molecule has 4 rings (SSSR count). The maximum absolute atomic E-state index is 11.9. The molecule has 0 bridgehead atoms. The van der Waals surface area contributed by atoms with Crippen molar-refractivity contribution in [3.63, 3.8) is 0 Å². The van der Waals surface area contributed by atoms with Crippen molar-refractivity contribution in [1.82, 2.24) is 20.3 Å². The van der Waals surface area contributed by atoms with Gasteiger partial charge in [-0.05, 0) is 49.4 Å². The summed E-state index contributed by atoms with van der Waals surface area (Å²) in [5.41, 5.74) is 2.14. The molecule has 4 aromatic rings. The summed E-state index contributed by atoms with van der Waals surface area (Å²) in [4.78, 5) is 24.9. The molecule has 2 aromatic carbocycles. The predicted molar refractivity (Wildman–Crippen MR) is 144 cm³/mol. The molecule has 0 fully saturated rings. The van der Waals surface area contributed by atoms with Crippen LogP contribution in [0.2, 0.25) is 5.02 Å². The summed E-state index contributed by atoms with van der Waals surface area (Å²) in [6, 6.07) is 16.4. The average molecular weight is 538 g/mol. The molecule has 0 unspecified atom stereocenters. The second kappa shape index (κ2) is 13.0. The number of aromatic nitrogens is 3. The second-order valence-corrected chi connectivity index (χ2v) is 8.86. The number of benzene rings is 2. The Kier molecular flexibility index (Phi) is 9.26. The van der Waals surface area contributed by atoms with Gasteiger partial charge in [0.05, 0.1) is 28.2 Å². The van der Waals surface area contributed by atoms with Crippen LogP contribution in [0.1, 0.15) is 19.0 Å². The highest BCUT2D eigenvalue weighted by molar-refractivity contribution is 6.32. The van der Waals surface area contributed by atoms with Crippen molar-refractivity contribution in [2.24, 2.45) is 0 Å². The summed E-state index contributed by atoms with van der Waals surface area (Å²) in [5.74, 6) is 0.991. The molecule has 0 saturated carbocycles. The Morgan fingerprint density at radius 3 is 2.71 bits per heavy atom. The molecule has 2 atom stereocenters. The number of hydrogen-bond acceptors (Lipinski definition) is 9. The predicted octanol–water partition coefficient (Wildman–Crippen LogP) is 3.63. The van der Waals surface area contributed by atoms with E-state index in [1.165, 1.54) is 6.33 Å². The van der Waals surface area contributed by atoms with Crippen molar-refractivity contribution in [2.75, 3.05) is 18.5 Å². The van der Waals surface area contributed by atoms with Crippen molar-refractivity contribution in [3.05, 3.63) is 77.8 Å². The first kappa shape index (κ1) is 27.1. The van der Waals surface area contributed by atoms with Crippen molar-refractivity contribution in [2.45, 2.75) is 32.2 Å². The first-order valence-electron chi connectivity index (χ1n) is 12.0. The maximum atomic E-state index is 11.9. The van der Waals surface area contributed by atoms with Crippen molar-refractivity contribution in [1.29, 1.82) is 0 Å². The number of nitrogens with zero attached hydrogens (tertiary/aromatic N) is 3. The summed E-state index contributed by atoms with van der Waals surface area (Å²) in [6.07, 6.45) is 1.43. The molecule has 0 radical (unpaired) electrons. The van der Waals surface area contributed by atoms with E-state index in [-0.39, 0.29) is 19.6 Å². The normalized spacial score (nSPS) is 12.5. The molecule has 38 heavy (non-hydrogen) atoms. The number of anilines is 2. The topological polar surface area (TPSA) is 139 Å². The van der Waals surface area contributed by atoms with E-state index < -0.39 is 18.1 Å². The lowest BCUT2D eigenvalue weighted by molar-refractivity contribution is -0.130. The average Bonchev–Trinajstić information content (AvgIpc) is 2.92. The van der Waals surface area contributed by atoms with Gasteiger partial charge in [0.2, 0.25) is 5.91 Å². The van der Waals surface area contributed by atoms with Gasteiger partial charge in [-0.1, -0.05) is 23.7 Å². The molecule has 198 valence electrons. The molecule has 0 saturated heterocycles. The van der Waals surface area contributed by atoms with Gasteiger partial charge in [0, 0.05) is 24.9 Å². The van der Waals surface area contributed by atoms with Gasteiger partial charge >= 0.3 is 0 Å². The SMILES string of the molecule is C[C@@H](CNC(=O)[C@H](O)CCO)Oc1cccc2ncnc(Nc3ccc(OCc4ccccn4)c(Cl)c3)c12. The lowest BCUT2D eigenvalue weighted by atomic mass is 10.2. The minimum absolute atomic E-state index is 0.0296. The number of nitrogens with one attached hydrogen (secondary N) is 2. The van der Waals surface area contributed by atoms with E-state index in [0.29, 0.717) is 45.5 Å². The van der Waals surface area contributed by atoms with Crippen molar-refractivity contribution < 1.29 is 24.5 Å². The first-order chi connectivity index (χ1) is 18.4. The van der Waals surface area contributed by atoms with Gasteiger partial charge in [-0.25, -0.2) is 9.97 Å². The number of pyridine rings is 1. The van der Waals surface area contributed by atoms with Gasteiger partial charge < -0.3 is 30.3 Å². The molecule has 0 aliphatic carbocycles. The molecule has 4 N–H and O–H groups in total. The summed E-state index contributed by atoms with van der Waals surface area (Å²) in [6.45, 7) is 1.96. The van der Waals surface area contributed by atoms with E-state index in [2.05, 4.69) is 25.6 Å². The molecule has 0 aliphatic rings. The summed E-state index contributed by atoms with van der Waals surface area (Å²) < 4.78 is 11.9. The zero-order valence-electron chi connectivity index (χ0n) is 20.7. The highest BCUT2D eigenvalue weighted by Crippen LogP contribution is 2.34. The number of aliphatic hydroxyl groups excluding tert-OH is 2. The fourth-order valence-corrected chi connectivity index (χ4v) is 3.85. The first-order valence-corrected chi connectivity index (χ1v) is 12.4. The largest absolute Gasteiger partial charge is 0.488 e. The molecular weight excluding hydrogens is 510 g/mol. The van der Waals surface area contributed by atoms with Crippen LogP contribution in [0, 0.1) is 0 Å². The van der Waals surface area contributed by atoms with Gasteiger partial charge in [-0.3, -0.25) is 9.78 Å². The number of hydrogen-bond donors (Lipinski definition) is 4. The smallest absolute Gasteiger partial charge is 0.249 e. The lowest BCUT2D eigenvalue weighted by Crippen LogP contribution is -2.40. The van der Waals surface area contributed by atoms with E-state index in [1.807, 2.05) is 36.4 Å². The summed E-state index contributed by atoms with van der Waals surface area (Å²) in [5, 5.41) is 25.6. The number of ether oxygens (including phenoxy) is 2. The van der Waals surface area contributed by atoms with E-state index in [0.717, 1.165) is 5.69 Å². The Bertz CT molecular complexity index is 1370. The molecular formula is C27H28ClN5O5. The Labute approximate surface area is 224 Å².